The molecule has 0 saturated heterocycles. The number of hydrogen-bond acceptors (Lipinski definition) is 2. The van der Waals surface area contributed by atoms with Crippen LogP contribution in [-0.2, 0) is 0 Å². The Labute approximate surface area is 85.5 Å². The minimum atomic E-state index is 0.211. The number of aromatic nitrogens is 1. The van der Waals surface area contributed by atoms with E-state index >= 15 is 0 Å². The van der Waals surface area contributed by atoms with E-state index in [-0.39, 0.29) is 6.04 Å². The molecule has 0 aromatic carbocycles. The summed E-state index contributed by atoms with van der Waals surface area (Å²) in [6.45, 7) is 2.09. The molecule has 1 unspecified atom stereocenters. The lowest BCUT2D eigenvalue weighted by atomic mass is 9.79. The fourth-order valence-electron chi connectivity index (χ4n) is 2.11. The maximum atomic E-state index is 6.18. The molecule has 1 heterocycles. The van der Waals surface area contributed by atoms with Gasteiger partial charge in [-0.3, -0.25) is 4.98 Å². The van der Waals surface area contributed by atoms with Crippen LogP contribution in [0.5, 0.6) is 0 Å². The molecule has 14 heavy (non-hydrogen) atoms. The molecule has 0 radical (unpaired) electrons. The van der Waals surface area contributed by atoms with Crippen LogP contribution >= 0.6 is 0 Å². The van der Waals surface area contributed by atoms with Gasteiger partial charge in [0.05, 0.1) is 0 Å². The van der Waals surface area contributed by atoms with E-state index in [1.54, 1.807) is 0 Å². The summed E-state index contributed by atoms with van der Waals surface area (Å²) < 4.78 is 0. The molecule has 0 spiro atoms. The summed E-state index contributed by atoms with van der Waals surface area (Å²) in [4.78, 5) is 4.09. The molecular formula is C12H18N2. The van der Waals surface area contributed by atoms with Crippen molar-refractivity contribution in [1.29, 1.82) is 0 Å². The normalized spacial score (nSPS) is 19.0. The smallest absolute Gasteiger partial charge is 0.0301 e. The molecule has 1 aliphatic rings. The number of aryl methyl sites for hydroxylation is 1. The molecular weight excluding hydrogens is 172 g/mol. The highest BCUT2D eigenvalue weighted by atomic mass is 14.7. The molecule has 1 atom stereocenters. The van der Waals surface area contributed by atoms with Crippen LogP contribution in [0.3, 0.4) is 0 Å². The van der Waals surface area contributed by atoms with Gasteiger partial charge in [-0.2, -0.15) is 0 Å². The van der Waals surface area contributed by atoms with Crippen LogP contribution in [0.25, 0.3) is 0 Å². The summed E-state index contributed by atoms with van der Waals surface area (Å²) in [6, 6.07) is 2.27. The molecule has 2 N–H and O–H groups in total. The summed E-state index contributed by atoms with van der Waals surface area (Å²) in [5.41, 5.74) is 8.67. The lowest BCUT2D eigenvalue weighted by Crippen LogP contribution is -2.20. The molecule has 76 valence electrons. The van der Waals surface area contributed by atoms with Crippen molar-refractivity contribution in [2.75, 3.05) is 0 Å². The quantitative estimate of drug-likeness (QED) is 0.795. The van der Waals surface area contributed by atoms with Crippen LogP contribution in [0.15, 0.2) is 18.5 Å². The largest absolute Gasteiger partial charge is 0.324 e. The fourth-order valence-corrected chi connectivity index (χ4v) is 2.11. The van der Waals surface area contributed by atoms with Crippen LogP contribution in [0.4, 0.5) is 0 Å². The zero-order valence-corrected chi connectivity index (χ0v) is 8.74. The first-order chi connectivity index (χ1) is 6.77. The summed E-state index contributed by atoms with van der Waals surface area (Å²) in [6.07, 6.45) is 9.02. The van der Waals surface area contributed by atoms with Gasteiger partial charge in [0.25, 0.3) is 0 Å². The van der Waals surface area contributed by atoms with Gasteiger partial charge >= 0.3 is 0 Å². The van der Waals surface area contributed by atoms with Gasteiger partial charge in [0, 0.05) is 18.4 Å². The van der Waals surface area contributed by atoms with E-state index in [1.807, 2.05) is 12.4 Å². The molecule has 2 heteroatoms. The molecule has 1 aromatic heterocycles. The van der Waals surface area contributed by atoms with Crippen molar-refractivity contribution in [2.45, 2.75) is 38.6 Å². The minimum absolute atomic E-state index is 0.211. The Kier molecular flexibility index (Phi) is 2.82. The highest BCUT2D eigenvalue weighted by Gasteiger charge is 2.21. The number of hydrogen-bond donors (Lipinski definition) is 1. The van der Waals surface area contributed by atoms with Gasteiger partial charge in [-0.05, 0) is 36.5 Å². The summed E-state index contributed by atoms with van der Waals surface area (Å²) in [5, 5.41) is 0. The van der Waals surface area contributed by atoms with Crippen LogP contribution < -0.4 is 5.73 Å². The van der Waals surface area contributed by atoms with Crippen molar-refractivity contribution in [3.63, 3.8) is 0 Å². The van der Waals surface area contributed by atoms with Crippen molar-refractivity contribution in [2.24, 2.45) is 11.7 Å². The number of rotatable bonds is 3. The standard InChI is InChI=1S/C12H18N2/c1-9-8-14-6-5-11(9)12(13)7-10-3-2-4-10/h5-6,8,10,12H,2-4,7,13H2,1H3. The molecule has 1 fully saturated rings. The monoisotopic (exact) mass is 190 g/mol. The molecule has 1 saturated carbocycles. The van der Waals surface area contributed by atoms with Gasteiger partial charge in [-0.25, -0.2) is 0 Å². The summed E-state index contributed by atoms with van der Waals surface area (Å²) in [5.74, 6) is 0.873. The van der Waals surface area contributed by atoms with Gasteiger partial charge in [0.2, 0.25) is 0 Å². The Morgan fingerprint density at radius 3 is 2.93 bits per heavy atom. The van der Waals surface area contributed by atoms with E-state index in [1.165, 1.54) is 30.4 Å². The summed E-state index contributed by atoms with van der Waals surface area (Å²) >= 11 is 0. The van der Waals surface area contributed by atoms with Gasteiger partial charge < -0.3 is 5.73 Å². The maximum Gasteiger partial charge on any atom is 0.0301 e. The Morgan fingerprint density at radius 2 is 2.36 bits per heavy atom. The molecule has 2 nitrogen and oxygen atoms in total. The predicted octanol–water partition coefficient (Wildman–Crippen LogP) is 2.58. The zero-order chi connectivity index (χ0) is 9.97. The maximum absolute atomic E-state index is 6.18. The number of nitrogens with zero attached hydrogens (tertiary/aromatic N) is 1. The average molecular weight is 190 g/mol. The minimum Gasteiger partial charge on any atom is -0.324 e. The van der Waals surface area contributed by atoms with Crippen molar-refractivity contribution in [3.05, 3.63) is 29.6 Å². The van der Waals surface area contributed by atoms with Crippen molar-refractivity contribution in [3.8, 4) is 0 Å². The van der Waals surface area contributed by atoms with Crippen LogP contribution in [0.2, 0.25) is 0 Å². The Bertz CT molecular complexity index is 305. The first-order valence-electron chi connectivity index (χ1n) is 5.43. The zero-order valence-electron chi connectivity index (χ0n) is 8.74. The second-order valence-electron chi connectivity index (χ2n) is 4.37. The third-order valence-electron chi connectivity index (χ3n) is 3.28. The Hall–Kier alpha value is -0.890. The highest BCUT2D eigenvalue weighted by Crippen LogP contribution is 2.34. The number of pyridine rings is 1. The third-order valence-corrected chi connectivity index (χ3v) is 3.28. The van der Waals surface area contributed by atoms with E-state index in [0.717, 1.165) is 12.3 Å². The first-order valence-corrected chi connectivity index (χ1v) is 5.43. The lowest BCUT2D eigenvalue weighted by molar-refractivity contribution is 0.277. The van der Waals surface area contributed by atoms with E-state index in [4.69, 9.17) is 5.73 Å². The number of nitrogens with two attached hydrogens (primary N) is 1. The summed E-state index contributed by atoms with van der Waals surface area (Å²) in [7, 11) is 0. The average Bonchev–Trinajstić information content (AvgIpc) is 2.12. The molecule has 1 aromatic rings. The van der Waals surface area contributed by atoms with Crippen LogP contribution in [0.1, 0.15) is 42.9 Å². The van der Waals surface area contributed by atoms with Gasteiger partial charge in [0.1, 0.15) is 0 Å². The lowest BCUT2D eigenvalue weighted by Gasteiger charge is -2.28. The molecule has 1 aliphatic carbocycles. The van der Waals surface area contributed by atoms with E-state index < -0.39 is 0 Å². The SMILES string of the molecule is Cc1cnccc1C(N)CC1CCC1. The van der Waals surface area contributed by atoms with Crippen molar-refractivity contribution < 1.29 is 0 Å². The van der Waals surface area contributed by atoms with E-state index in [2.05, 4.69) is 18.0 Å². The van der Waals surface area contributed by atoms with Gasteiger partial charge in [-0.15, -0.1) is 0 Å². The van der Waals surface area contributed by atoms with Gasteiger partial charge in [-0.1, -0.05) is 19.3 Å². The molecule has 2 rings (SSSR count). The van der Waals surface area contributed by atoms with Crippen LogP contribution in [-0.4, -0.2) is 4.98 Å². The fraction of sp³-hybridized carbons (Fsp3) is 0.583. The Balaban J connectivity index is 2.02. The van der Waals surface area contributed by atoms with E-state index in [0.29, 0.717) is 0 Å². The van der Waals surface area contributed by atoms with Crippen LogP contribution in [0, 0.1) is 12.8 Å². The molecule has 0 bridgehead atoms. The van der Waals surface area contributed by atoms with Crippen molar-refractivity contribution >= 4 is 0 Å². The third kappa shape index (κ3) is 1.95. The van der Waals surface area contributed by atoms with Crippen molar-refractivity contribution in [1.82, 2.24) is 4.98 Å². The highest BCUT2D eigenvalue weighted by molar-refractivity contribution is 5.24. The van der Waals surface area contributed by atoms with Gasteiger partial charge in [0.15, 0.2) is 0 Å². The predicted molar refractivity (Wildman–Crippen MR) is 57.9 cm³/mol. The Morgan fingerprint density at radius 1 is 1.57 bits per heavy atom. The second kappa shape index (κ2) is 4.09. The first kappa shape index (κ1) is 9.66. The molecule has 0 amide bonds. The molecule has 0 aliphatic heterocycles. The van der Waals surface area contributed by atoms with E-state index in [9.17, 15) is 0 Å². The second-order valence-corrected chi connectivity index (χ2v) is 4.37. The topological polar surface area (TPSA) is 38.9 Å².